The molecule has 0 radical (unpaired) electrons. The Morgan fingerprint density at radius 2 is 1.90 bits per heavy atom. The summed E-state index contributed by atoms with van der Waals surface area (Å²) >= 11 is 0. The molecule has 1 aromatic carbocycles. The molecule has 2 aromatic rings. The first-order valence-electron chi connectivity index (χ1n) is 9.79. The lowest BCUT2D eigenvalue weighted by Crippen LogP contribution is -2.43. The predicted molar refractivity (Wildman–Crippen MR) is 109 cm³/mol. The van der Waals surface area contributed by atoms with Crippen LogP contribution < -0.4 is 15.4 Å². The number of hydrogen-bond donors (Lipinski definition) is 3. The molecule has 0 bridgehead atoms. The van der Waals surface area contributed by atoms with Crippen molar-refractivity contribution in [3.63, 3.8) is 0 Å². The zero-order valence-electron chi connectivity index (χ0n) is 16.3. The number of urea groups is 1. The fourth-order valence-corrected chi connectivity index (χ4v) is 4.94. The molecule has 10 heteroatoms. The summed E-state index contributed by atoms with van der Waals surface area (Å²) in [4.78, 5) is 16.2. The molecule has 2 amide bonds. The van der Waals surface area contributed by atoms with E-state index in [1.54, 1.807) is 30.6 Å². The Kier molecular flexibility index (Phi) is 6.28. The van der Waals surface area contributed by atoms with Crippen molar-refractivity contribution in [1.82, 2.24) is 15.0 Å². The molecule has 0 spiro atoms. The van der Waals surface area contributed by atoms with Gasteiger partial charge in [0.2, 0.25) is 10.0 Å². The molecule has 2 fully saturated rings. The highest BCUT2D eigenvalue weighted by molar-refractivity contribution is 7.89. The van der Waals surface area contributed by atoms with Gasteiger partial charge < -0.3 is 20.1 Å². The van der Waals surface area contributed by atoms with Crippen molar-refractivity contribution in [2.24, 2.45) is 0 Å². The van der Waals surface area contributed by atoms with Gasteiger partial charge in [-0.3, -0.25) is 4.98 Å². The molecule has 1 aliphatic heterocycles. The number of carbonyl (C=O) groups is 1. The lowest BCUT2D eigenvalue weighted by Gasteiger charge is -2.29. The number of anilines is 1. The van der Waals surface area contributed by atoms with Crippen LogP contribution in [0.4, 0.5) is 10.5 Å². The average Bonchev–Trinajstić information content (AvgIpc) is 3.21. The highest BCUT2D eigenvalue weighted by atomic mass is 32.2. The van der Waals surface area contributed by atoms with Gasteiger partial charge in [0.15, 0.2) is 0 Å². The average molecular weight is 433 g/mol. The van der Waals surface area contributed by atoms with Crippen LogP contribution in [0.2, 0.25) is 0 Å². The Labute approximate surface area is 175 Å². The molecule has 160 valence electrons. The van der Waals surface area contributed by atoms with Crippen LogP contribution >= 0.6 is 0 Å². The van der Waals surface area contributed by atoms with Gasteiger partial charge in [-0.1, -0.05) is 6.07 Å². The number of pyridine rings is 1. The molecule has 1 aromatic heterocycles. The number of nitrogens with zero attached hydrogens (tertiary/aromatic N) is 1. The first kappa shape index (κ1) is 20.7. The summed E-state index contributed by atoms with van der Waals surface area (Å²) in [5, 5.41) is 5.40. The molecule has 1 saturated heterocycles. The first-order chi connectivity index (χ1) is 14.5. The van der Waals surface area contributed by atoms with E-state index in [4.69, 9.17) is 9.47 Å². The molecule has 3 atom stereocenters. The quantitative estimate of drug-likeness (QED) is 0.642. The second-order valence-corrected chi connectivity index (χ2v) is 9.07. The van der Waals surface area contributed by atoms with Crippen molar-refractivity contribution in [3.05, 3.63) is 54.4 Å². The van der Waals surface area contributed by atoms with Gasteiger partial charge in [0, 0.05) is 30.7 Å². The van der Waals surface area contributed by atoms with Crippen LogP contribution in [-0.4, -0.2) is 44.5 Å². The minimum Gasteiger partial charge on any atom is -0.349 e. The molecular formula is C20H24N4O5S. The first-order valence-corrected chi connectivity index (χ1v) is 11.3. The monoisotopic (exact) mass is 432 g/mol. The van der Waals surface area contributed by atoms with Crippen molar-refractivity contribution < 1.29 is 22.7 Å². The molecule has 1 saturated carbocycles. The fourth-order valence-electron chi connectivity index (χ4n) is 3.65. The van der Waals surface area contributed by atoms with Crippen LogP contribution in [0.1, 0.15) is 24.8 Å². The van der Waals surface area contributed by atoms with Gasteiger partial charge in [0.05, 0.1) is 17.1 Å². The smallest absolute Gasteiger partial charge is 0.319 e. The standard InChI is InChI=1S/C20H24N4O5S/c25-20(22-12-14-2-1-9-21-11-14)23-15-3-6-17(7-4-15)30(26,27)24-16-5-8-18-19(10-16)29-13-28-18/h1-4,6-7,9,11,16,18-19,24H,5,8,10,12-13H2,(H2,22,23,25). The van der Waals surface area contributed by atoms with Gasteiger partial charge in [-0.15, -0.1) is 0 Å². The second-order valence-electron chi connectivity index (χ2n) is 7.35. The van der Waals surface area contributed by atoms with Gasteiger partial charge in [-0.2, -0.15) is 0 Å². The summed E-state index contributed by atoms with van der Waals surface area (Å²) < 4.78 is 39.1. The van der Waals surface area contributed by atoms with Gasteiger partial charge in [0.25, 0.3) is 0 Å². The van der Waals surface area contributed by atoms with Crippen molar-refractivity contribution in [2.45, 2.75) is 49.0 Å². The van der Waals surface area contributed by atoms with Crippen LogP contribution in [-0.2, 0) is 26.0 Å². The SMILES string of the molecule is O=C(NCc1cccnc1)Nc1ccc(S(=O)(=O)NC2CCC3OCOC3C2)cc1. The van der Waals surface area contributed by atoms with Gasteiger partial charge in [-0.05, 0) is 55.2 Å². The van der Waals surface area contributed by atoms with Crippen molar-refractivity contribution in [3.8, 4) is 0 Å². The number of aromatic nitrogens is 1. The van der Waals surface area contributed by atoms with Crippen LogP contribution in [0, 0.1) is 0 Å². The summed E-state index contributed by atoms with van der Waals surface area (Å²) in [6, 6.07) is 9.14. The van der Waals surface area contributed by atoms with E-state index >= 15 is 0 Å². The van der Waals surface area contributed by atoms with Crippen LogP contribution in [0.3, 0.4) is 0 Å². The number of hydrogen-bond acceptors (Lipinski definition) is 6. The van der Waals surface area contributed by atoms with E-state index < -0.39 is 10.0 Å². The topological polar surface area (TPSA) is 119 Å². The number of ether oxygens (including phenoxy) is 2. The second kappa shape index (κ2) is 9.09. The van der Waals surface area contributed by atoms with E-state index in [0.29, 0.717) is 25.1 Å². The number of carbonyl (C=O) groups excluding carboxylic acids is 1. The molecule has 30 heavy (non-hydrogen) atoms. The lowest BCUT2D eigenvalue weighted by atomic mass is 9.91. The Balaban J connectivity index is 1.30. The molecule has 2 heterocycles. The maximum atomic E-state index is 12.7. The third-order valence-corrected chi connectivity index (χ3v) is 6.75. The zero-order chi connectivity index (χ0) is 21.0. The lowest BCUT2D eigenvalue weighted by molar-refractivity contribution is 0.0393. The third kappa shape index (κ3) is 5.14. The van der Waals surface area contributed by atoms with Crippen molar-refractivity contribution >= 4 is 21.7 Å². The van der Waals surface area contributed by atoms with Crippen molar-refractivity contribution in [2.75, 3.05) is 12.1 Å². The minimum absolute atomic E-state index is 0.0526. The number of fused-ring (bicyclic) bond motifs is 1. The third-order valence-electron chi connectivity index (χ3n) is 5.22. The van der Waals surface area contributed by atoms with E-state index in [1.165, 1.54) is 12.1 Å². The maximum Gasteiger partial charge on any atom is 0.319 e. The van der Waals surface area contributed by atoms with E-state index in [2.05, 4.69) is 20.3 Å². The molecule has 1 aliphatic carbocycles. The predicted octanol–water partition coefficient (Wildman–Crippen LogP) is 1.98. The van der Waals surface area contributed by atoms with Crippen LogP contribution in [0.5, 0.6) is 0 Å². The Hall–Kier alpha value is -2.53. The number of rotatable bonds is 6. The molecule has 3 N–H and O–H groups in total. The summed E-state index contributed by atoms with van der Waals surface area (Å²) in [5.74, 6) is 0. The molecular weight excluding hydrogens is 408 g/mol. The van der Waals surface area contributed by atoms with E-state index in [1.807, 2.05) is 6.07 Å². The number of sulfonamides is 1. The Bertz CT molecular complexity index is 968. The van der Waals surface area contributed by atoms with Crippen molar-refractivity contribution in [1.29, 1.82) is 0 Å². The molecule has 2 aliphatic rings. The number of amides is 2. The van der Waals surface area contributed by atoms with Crippen LogP contribution in [0.25, 0.3) is 0 Å². The number of benzene rings is 1. The van der Waals surface area contributed by atoms with E-state index in [9.17, 15) is 13.2 Å². The van der Waals surface area contributed by atoms with Crippen LogP contribution in [0.15, 0.2) is 53.7 Å². The molecule has 3 unspecified atom stereocenters. The fraction of sp³-hybridized carbons (Fsp3) is 0.400. The summed E-state index contributed by atoms with van der Waals surface area (Å²) in [6.07, 6.45) is 5.43. The van der Waals surface area contributed by atoms with Gasteiger partial charge in [0.1, 0.15) is 6.79 Å². The zero-order valence-corrected chi connectivity index (χ0v) is 17.1. The Morgan fingerprint density at radius 3 is 2.67 bits per heavy atom. The summed E-state index contributed by atoms with van der Waals surface area (Å²) in [6.45, 7) is 0.618. The summed E-state index contributed by atoms with van der Waals surface area (Å²) in [5.41, 5.74) is 1.37. The maximum absolute atomic E-state index is 12.7. The van der Waals surface area contributed by atoms with E-state index in [-0.39, 0.29) is 36.0 Å². The van der Waals surface area contributed by atoms with Gasteiger partial charge in [-0.25, -0.2) is 17.9 Å². The molecule has 9 nitrogen and oxygen atoms in total. The summed E-state index contributed by atoms with van der Waals surface area (Å²) in [7, 11) is -3.66. The number of nitrogens with one attached hydrogen (secondary N) is 3. The Morgan fingerprint density at radius 1 is 1.10 bits per heavy atom. The molecule has 4 rings (SSSR count). The highest BCUT2D eigenvalue weighted by Gasteiger charge is 2.37. The highest BCUT2D eigenvalue weighted by Crippen LogP contribution is 2.29. The van der Waals surface area contributed by atoms with Gasteiger partial charge >= 0.3 is 6.03 Å². The minimum atomic E-state index is -3.66. The van der Waals surface area contributed by atoms with E-state index in [0.717, 1.165) is 12.0 Å². The largest absolute Gasteiger partial charge is 0.349 e. The normalized spacial score (nSPS) is 23.5.